The monoisotopic (exact) mass is 285 g/mol. The lowest BCUT2D eigenvalue weighted by molar-refractivity contribution is 0.0953. The molecular formula is C11H16BrN3O. The Morgan fingerprint density at radius 2 is 2.19 bits per heavy atom. The van der Waals surface area contributed by atoms with Crippen molar-refractivity contribution in [2.24, 2.45) is 0 Å². The third-order valence-corrected chi connectivity index (χ3v) is 2.41. The van der Waals surface area contributed by atoms with E-state index in [2.05, 4.69) is 38.5 Å². The standard InChI is InChI=1S/C11H16BrN3O/c1-2-3-13-4-5-15-11(16)9-6-10(12)8-14-7-9/h6-8,13H,2-5H2,1H3,(H,15,16). The van der Waals surface area contributed by atoms with E-state index in [-0.39, 0.29) is 5.91 Å². The van der Waals surface area contributed by atoms with Crippen molar-refractivity contribution in [3.05, 3.63) is 28.5 Å². The molecule has 1 aromatic heterocycles. The maximum Gasteiger partial charge on any atom is 0.252 e. The SMILES string of the molecule is CCCNCCNC(=O)c1cncc(Br)c1. The average molecular weight is 286 g/mol. The van der Waals surface area contributed by atoms with Gasteiger partial charge >= 0.3 is 0 Å². The lowest BCUT2D eigenvalue weighted by atomic mass is 10.3. The zero-order valence-corrected chi connectivity index (χ0v) is 10.9. The van der Waals surface area contributed by atoms with Gasteiger partial charge in [0.2, 0.25) is 0 Å². The molecule has 0 saturated carbocycles. The molecule has 5 heteroatoms. The normalized spacial score (nSPS) is 10.1. The van der Waals surface area contributed by atoms with Crippen LogP contribution in [0.5, 0.6) is 0 Å². The molecule has 0 radical (unpaired) electrons. The average Bonchev–Trinajstić information content (AvgIpc) is 2.28. The predicted molar refractivity (Wildman–Crippen MR) is 67.4 cm³/mol. The number of rotatable bonds is 6. The van der Waals surface area contributed by atoms with Gasteiger partial charge in [0, 0.05) is 30.0 Å². The zero-order valence-electron chi connectivity index (χ0n) is 9.29. The van der Waals surface area contributed by atoms with E-state index < -0.39 is 0 Å². The van der Waals surface area contributed by atoms with Crippen molar-refractivity contribution in [1.29, 1.82) is 0 Å². The lowest BCUT2D eigenvalue weighted by Gasteiger charge is -2.05. The Bertz CT molecular complexity index is 344. The molecule has 0 aliphatic heterocycles. The summed E-state index contributed by atoms with van der Waals surface area (Å²) >= 11 is 3.28. The topological polar surface area (TPSA) is 54.0 Å². The highest BCUT2D eigenvalue weighted by molar-refractivity contribution is 9.10. The Morgan fingerprint density at radius 1 is 1.38 bits per heavy atom. The molecule has 0 atom stereocenters. The summed E-state index contributed by atoms with van der Waals surface area (Å²) in [7, 11) is 0. The van der Waals surface area contributed by atoms with Gasteiger partial charge in [-0.3, -0.25) is 9.78 Å². The summed E-state index contributed by atoms with van der Waals surface area (Å²) in [6.45, 7) is 4.51. The van der Waals surface area contributed by atoms with E-state index in [1.54, 1.807) is 18.5 Å². The first-order valence-electron chi connectivity index (χ1n) is 5.33. The van der Waals surface area contributed by atoms with Crippen LogP contribution in [0.1, 0.15) is 23.7 Å². The van der Waals surface area contributed by atoms with Crippen molar-refractivity contribution in [1.82, 2.24) is 15.6 Å². The maximum atomic E-state index is 11.6. The van der Waals surface area contributed by atoms with E-state index in [0.717, 1.165) is 24.0 Å². The molecule has 2 N–H and O–H groups in total. The van der Waals surface area contributed by atoms with E-state index in [4.69, 9.17) is 0 Å². The van der Waals surface area contributed by atoms with Crippen molar-refractivity contribution in [3.63, 3.8) is 0 Å². The van der Waals surface area contributed by atoms with Crippen molar-refractivity contribution in [3.8, 4) is 0 Å². The van der Waals surface area contributed by atoms with Gasteiger partial charge in [-0.15, -0.1) is 0 Å². The molecule has 0 saturated heterocycles. The minimum atomic E-state index is -0.0906. The lowest BCUT2D eigenvalue weighted by Crippen LogP contribution is -2.32. The Balaban J connectivity index is 2.30. The first-order chi connectivity index (χ1) is 7.74. The largest absolute Gasteiger partial charge is 0.351 e. The highest BCUT2D eigenvalue weighted by Gasteiger charge is 2.04. The Hall–Kier alpha value is -0.940. The fourth-order valence-corrected chi connectivity index (χ4v) is 1.57. The number of pyridine rings is 1. The molecule has 88 valence electrons. The van der Waals surface area contributed by atoms with Gasteiger partial charge in [0.25, 0.3) is 5.91 Å². The van der Waals surface area contributed by atoms with Crippen LogP contribution in [0, 0.1) is 0 Å². The van der Waals surface area contributed by atoms with Gasteiger partial charge < -0.3 is 10.6 Å². The maximum absolute atomic E-state index is 11.6. The van der Waals surface area contributed by atoms with Gasteiger partial charge in [-0.05, 0) is 35.0 Å². The number of halogens is 1. The molecule has 1 amide bonds. The first kappa shape index (κ1) is 13.1. The highest BCUT2D eigenvalue weighted by atomic mass is 79.9. The summed E-state index contributed by atoms with van der Waals surface area (Å²) < 4.78 is 0.809. The van der Waals surface area contributed by atoms with Gasteiger partial charge in [0.05, 0.1) is 5.56 Å². The number of hydrogen-bond donors (Lipinski definition) is 2. The second-order valence-corrected chi connectivity index (χ2v) is 4.31. The Labute approximate surface area is 104 Å². The third kappa shape index (κ3) is 4.72. The van der Waals surface area contributed by atoms with Crippen LogP contribution < -0.4 is 10.6 Å². The molecule has 0 bridgehead atoms. The molecule has 0 aliphatic rings. The third-order valence-electron chi connectivity index (χ3n) is 1.98. The summed E-state index contributed by atoms with van der Waals surface area (Å²) in [5.74, 6) is -0.0906. The molecule has 0 aliphatic carbocycles. The second kappa shape index (κ2) is 7.35. The fraction of sp³-hybridized carbons (Fsp3) is 0.455. The van der Waals surface area contributed by atoms with Gasteiger partial charge in [0.15, 0.2) is 0 Å². The zero-order chi connectivity index (χ0) is 11.8. The summed E-state index contributed by atoms with van der Waals surface area (Å²) in [6, 6.07) is 1.75. The molecule has 4 nitrogen and oxygen atoms in total. The van der Waals surface area contributed by atoms with Crippen LogP contribution in [0.15, 0.2) is 22.9 Å². The second-order valence-electron chi connectivity index (χ2n) is 3.40. The van der Waals surface area contributed by atoms with Crippen LogP contribution in [0.2, 0.25) is 0 Å². The van der Waals surface area contributed by atoms with Crippen molar-refractivity contribution < 1.29 is 4.79 Å². The smallest absolute Gasteiger partial charge is 0.252 e. The molecule has 16 heavy (non-hydrogen) atoms. The van der Waals surface area contributed by atoms with E-state index >= 15 is 0 Å². The van der Waals surface area contributed by atoms with Crippen LogP contribution in [-0.2, 0) is 0 Å². The highest BCUT2D eigenvalue weighted by Crippen LogP contribution is 2.08. The number of carbonyl (C=O) groups excluding carboxylic acids is 1. The van der Waals surface area contributed by atoms with Gasteiger partial charge in [-0.2, -0.15) is 0 Å². The van der Waals surface area contributed by atoms with Gasteiger partial charge in [-0.25, -0.2) is 0 Å². The predicted octanol–water partition coefficient (Wildman–Crippen LogP) is 1.57. The minimum Gasteiger partial charge on any atom is -0.351 e. The number of amides is 1. The van der Waals surface area contributed by atoms with E-state index in [0.29, 0.717) is 12.1 Å². The molecular weight excluding hydrogens is 270 g/mol. The number of nitrogens with one attached hydrogen (secondary N) is 2. The van der Waals surface area contributed by atoms with Crippen LogP contribution >= 0.6 is 15.9 Å². The van der Waals surface area contributed by atoms with Crippen LogP contribution in [0.25, 0.3) is 0 Å². The molecule has 0 spiro atoms. The first-order valence-corrected chi connectivity index (χ1v) is 6.12. The number of hydrogen-bond acceptors (Lipinski definition) is 3. The van der Waals surface area contributed by atoms with E-state index in [1.165, 1.54) is 0 Å². The summed E-state index contributed by atoms with van der Waals surface area (Å²) in [5, 5.41) is 6.04. The number of aromatic nitrogens is 1. The molecule has 1 heterocycles. The van der Waals surface area contributed by atoms with Gasteiger partial charge in [0.1, 0.15) is 0 Å². The molecule has 0 fully saturated rings. The number of carbonyl (C=O) groups is 1. The molecule has 1 rings (SSSR count). The molecule has 0 aromatic carbocycles. The van der Waals surface area contributed by atoms with Gasteiger partial charge in [-0.1, -0.05) is 6.92 Å². The van der Waals surface area contributed by atoms with Crippen LogP contribution in [0.4, 0.5) is 0 Å². The summed E-state index contributed by atoms with van der Waals surface area (Å²) in [5.41, 5.74) is 0.574. The van der Waals surface area contributed by atoms with E-state index in [1.807, 2.05) is 0 Å². The van der Waals surface area contributed by atoms with Crippen molar-refractivity contribution in [2.75, 3.05) is 19.6 Å². The summed E-state index contributed by atoms with van der Waals surface area (Å²) in [6.07, 6.45) is 4.31. The number of nitrogens with zero attached hydrogens (tertiary/aromatic N) is 1. The minimum absolute atomic E-state index is 0.0906. The molecule has 1 aromatic rings. The van der Waals surface area contributed by atoms with Crippen LogP contribution in [-0.4, -0.2) is 30.5 Å². The quantitative estimate of drug-likeness (QED) is 0.781. The Morgan fingerprint density at radius 3 is 2.88 bits per heavy atom. The van der Waals surface area contributed by atoms with Crippen molar-refractivity contribution in [2.45, 2.75) is 13.3 Å². The molecule has 0 unspecified atom stereocenters. The van der Waals surface area contributed by atoms with E-state index in [9.17, 15) is 4.79 Å². The van der Waals surface area contributed by atoms with Crippen molar-refractivity contribution >= 4 is 21.8 Å². The Kier molecular flexibility index (Phi) is 6.03. The van der Waals surface area contributed by atoms with Crippen LogP contribution in [0.3, 0.4) is 0 Å². The fourth-order valence-electron chi connectivity index (χ4n) is 1.20. The summed E-state index contributed by atoms with van der Waals surface area (Å²) in [4.78, 5) is 15.6.